The van der Waals surface area contributed by atoms with Crippen molar-refractivity contribution < 1.29 is 4.79 Å². The Morgan fingerprint density at radius 3 is 2.58 bits per heavy atom. The van der Waals surface area contributed by atoms with E-state index in [4.69, 9.17) is 11.0 Å². The molecule has 1 atom stereocenters. The molecule has 0 unspecified atom stereocenters. The number of nitrogens with zero attached hydrogens (tertiary/aromatic N) is 3. The van der Waals surface area contributed by atoms with Gasteiger partial charge in [-0.25, -0.2) is 0 Å². The van der Waals surface area contributed by atoms with E-state index < -0.39 is 5.92 Å². The number of H-pyrrole nitrogens is 1. The summed E-state index contributed by atoms with van der Waals surface area (Å²) < 4.78 is 0. The molecule has 0 fully saturated rings. The van der Waals surface area contributed by atoms with E-state index in [0.29, 0.717) is 35.4 Å². The lowest BCUT2D eigenvalue weighted by atomic mass is 9.75. The van der Waals surface area contributed by atoms with Crippen LogP contribution < -0.4 is 10.6 Å². The SMILES string of the molecule is N#CC1=C(N)N(c2ccc(C#N)cc2)C2=C(C(=O)CCC2)[C@@H]1c1ccc2[nH]ccc2c1. The molecule has 2 aromatic carbocycles. The highest BCUT2D eigenvalue weighted by Gasteiger charge is 2.40. The van der Waals surface area contributed by atoms with Gasteiger partial charge in [-0.1, -0.05) is 6.07 Å². The molecule has 6 nitrogen and oxygen atoms in total. The molecule has 5 rings (SSSR count). The number of aromatic nitrogens is 1. The number of nitrogens with two attached hydrogens (primary N) is 1. The summed E-state index contributed by atoms with van der Waals surface area (Å²) in [6, 6.07) is 19.3. The smallest absolute Gasteiger partial charge is 0.161 e. The zero-order valence-corrected chi connectivity index (χ0v) is 16.7. The van der Waals surface area contributed by atoms with Crippen LogP contribution in [0.2, 0.25) is 0 Å². The van der Waals surface area contributed by atoms with E-state index in [1.165, 1.54) is 0 Å². The second-order valence-electron chi connectivity index (χ2n) is 7.80. The highest BCUT2D eigenvalue weighted by Crippen LogP contribution is 2.46. The summed E-state index contributed by atoms with van der Waals surface area (Å²) in [6.07, 6.45) is 3.77. The number of hydrogen-bond acceptors (Lipinski definition) is 5. The van der Waals surface area contributed by atoms with Crippen molar-refractivity contribution in [3.05, 3.63) is 88.5 Å². The van der Waals surface area contributed by atoms with Gasteiger partial charge in [0, 0.05) is 35.1 Å². The molecule has 0 spiro atoms. The molecule has 0 radical (unpaired) electrons. The lowest BCUT2D eigenvalue weighted by molar-refractivity contribution is -0.116. The van der Waals surface area contributed by atoms with Crippen molar-refractivity contribution in [2.75, 3.05) is 4.90 Å². The summed E-state index contributed by atoms with van der Waals surface area (Å²) in [7, 11) is 0. The number of fused-ring (bicyclic) bond motifs is 1. The molecule has 1 aromatic heterocycles. The maximum absolute atomic E-state index is 13.2. The lowest BCUT2D eigenvalue weighted by Crippen LogP contribution is -2.38. The number of benzene rings is 2. The number of carbonyl (C=O) groups excluding carboxylic acids is 1. The van der Waals surface area contributed by atoms with E-state index in [2.05, 4.69) is 17.1 Å². The Morgan fingerprint density at radius 2 is 1.84 bits per heavy atom. The first kappa shape index (κ1) is 18.7. The van der Waals surface area contributed by atoms with Gasteiger partial charge in [-0.05, 0) is 66.3 Å². The molecule has 0 saturated heterocycles. The van der Waals surface area contributed by atoms with Crippen molar-refractivity contribution in [3.63, 3.8) is 0 Å². The Balaban J connectivity index is 1.73. The number of nitriles is 2. The molecule has 2 heterocycles. The van der Waals surface area contributed by atoms with Crippen LogP contribution in [0.3, 0.4) is 0 Å². The van der Waals surface area contributed by atoms with Gasteiger partial charge in [0.2, 0.25) is 0 Å². The fraction of sp³-hybridized carbons (Fsp3) is 0.160. The van der Waals surface area contributed by atoms with Crippen molar-refractivity contribution in [1.82, 2.24) is 4.98 Å². The van der Waals surface area contributed by atoms with E-state index >= 15 is 0 Å². The molecule has 31 heavy (non-hydrogen) atoms. The van der Waals surface area contributed by atoms with Crippen LogP contribution in [0.25, 0.3) is 10.9 Å². The fourth-order valence-electron chi connectivity index (χ4n) is 4.65. The van der Waals surface area contributed by atoms with E-state index in [1.807, 2.05) is 35.4 Å². The number of anilines is 1. The van der Waals surface area contributed by atoms with Crippen LogP contribution in [0, 0.1) is 22.7 Å². The van der Waals surface area contributed by atoms with Crippen molar-refractivity contribution in [2.45, 2.75) is 25.2 Å². The average molecular weight is 405 g/mol. The van der Waals surface area contributed by atoms with Gasteiger partial charge in [0.05, 0.1) is 29.2 Å². The number of aromatic amines is 1. The molecule has 0 bridgehead atoms. The molecule has 3 N–H and O–H groups in total. The predicted octanol–water partition coefficient (Wildman–Crippen LogP) is 4.34. The van der Waals surface area contributed by atoms with Gasteiger partial charge >= 0.3 is 0 Å². The quantitative estimate of drug-likeness (QED) is 0.659. The molecule has 1 aliphatic heterocycles. The Morgan fingerprint density at radius 1 is 1.03 bits per heavy atom. The standard InChI is InChI=1S/C25H19N5O/c26-13-15-4-7-18(8-5-15)30-21-2-1-3-22(31)24(21)23(19(14-27)25(30)28)17-6-9-20-16(12-17)10-11-29-20/h4-12,23,29H,1-3,28H2/t23-/m1/s1. The minimum absolute atomic E-state index is 0.0549. The van der Waals surface area contributed by atoms with Crippen LogP contribution in [0.4, 0.5) is 5.69 Å². The summed E-state index contributed by atoms with van der Waals surface area (Å²) in [5.41, 5.74) is 11.6. The Bertz CT molecular complexity index is 1360. The van der Waals surface area contributed by atoms with E-state index in [-0.39, 0.29) is 5.78 Å². The predicted molar refractivity (Wildman–Crippen MR) is 117 cm³/mol. The van der Waals surface area contributed by atoms with Crippen LogP contribution in [-0.4, -0.2) is 10.8 Å². The molecule has 3 aromatic rings. The highest BCUT2D eigenvalue weighted by molar-refractivity contribution is 6.01. The van der Waals surface area contributed by atoms with Gasteiger partial charge in [0.15, 0.2) is 5.78 Å². The van der Waals surface area contributed by atoms with Crippen molar-refractivity contribution >= 4 is 22.4 Å². The van der Waals surface area contributed by atoms with Crippen LogP contribution >= 0.6 is 0 Å². The van der Waals surface area contributed by atoms with Crippen LogP contribution in [0.15, 0.2) is 77.4 Å². The second kappa shape index (κ2) is 7.19. The van der Waals surface area contributed by atoms with E-state index in [1.54, 1.807) is 24.3 Å². The molecule has 1 aliphatic carbocycles. The Hall–Kier alpha value is -4.29. The van der Waals surface area contributed by atoms with Crippen LogP contribution in [0.1, 0.15) is 36.3 Å². The van der Waals surface area contributed by atoms with Crippen molar-refractivity contribution in [2.24, 2.45) is 5.73 Å². The molecule has 0 saturated carbocycles. The summed E-state index contributed by atoms with van der Waals surface area (Å²) in [4.78, 5) is 18.2. The number of allylic oxidation sites excluding steroid dienone is 3. The third-order valence-electron chi connectivity index (χ3n) is 6.08. The van der Waals surface area contributed by atoms with Crippen molar-refractivity contribution in [1.29, 1.82) is 10.5 Å². The van der Waals surface area contributed by atoms with Gasteiger partial charge in [-0.15, -0.1) is 0 Å². The highest BCUT2D eigenvalue weighted by atomic mass is 16.1. The number of rotatable bonds is 2. The summed E-state index contributed by atoms with van der Waals surface area (Å²) in [6.45, 7) is 0. The third kappa shape index (κ3) is 2.89. The van der Waals surface area contributed by atoms with Gasteiger partial charge in [-0.2, -0.15) is 10.5 Å². The Kier molecular flexibility index (Phi) is 4.34. The summed E-state index contributed by atoms with van der Waals surface area (Å²) in [5, 5.41) is 20.2. The normalized spacial score (nSPS) is 18.7. The summed E-state index contributed by atoms with van der Waals surface area (Å²) in [5.74, 6) is -0.0964. The van der Waals surface area contributed by atoms with E-state index in [9.17, 15) is 10.1 Å². The van der Waals surface area contributed by atoms with Crippen LogP contribution in [0.5, 0.6) is 0 Å². The molecule has 150 valence electrons. The zero-order valence-electron chi connectivity index (χ0n) is 16.7. The number of Topliss-reactive ketones (excluding diaryl/α,β-unsaturated/α-hetero) is 1. The molecule has 6 heteroatoms. The molecule has 0 amide bonds. The Labute approximate surface area is 179 Å². The number of nitrogens with one attached hydrogen (secondary N) is 1. The van der Waals surface area contributed by atoms with Gasteiger partial charge in [0.1, 0.15) is 5.82 Å². The van der Waals surface area contributed by atoms with Crippen molar-refractivity contribution in [3.8, 4) is 12.1 Å². The van der Waals surface area contributed by atoms with E-state index in [0.717, 1.165) is 34.3 Å². The lowest BCUT2D eigenvalue weighted by Gasteiger charge is -2.39. The maximum Gasteiger partial charge on any atom is 0.161 e. The van der Waals surface area contributed by atoms with Gasteiger partial charge in [0.25, 0.3) is 0 Å². The summed E-state index contributed by atoms with van der Waals surface area (Å²) >= 11 is 0. The first-order valence-corrected chi connectivity index (χ1v) is 10.2. The number of hydrogen-bond donors (Lipinski definition) is 2. The molecular formula is C25H19N5O. The minimum Gasteiger partial charge on any atom is -0.384 e. The van der Waals surface area contributed by atoms with Gasteiger partial charge in [-0.3, -0.25) is 9.69 Å². The first-order chi connectivity index (χ1) is 15.1. The number of ketones is 1. The first-order valence-electron chi connectivity index (χ1n) is 10.2. The minimum atomic E-state index is -0.485. The molecule has 2 aliphatic rings. The monoisotopic (exact) mass is 405 g/mol. The average Bonchev–Trinajstić information content (AvgIpc) is 3.26. The topological polar surface area (TPSA) is 110 Å². The van der Waals surface area contributed by atoms with Crippen LogP contribution in [-0.2, 0) is 4.79 Å². The third-order valence-corrected chi connectivity index (χ3v) is 6.08. The second-order valence-corrected chi connectivity index (χ2v) is 7.80. The number of carbonyl (C=O) groups is 1. The maximum atomic E-state index is 13.2. The molecular weight excluding hydrogens is 386 g/mol. The van der Waals surface area contributed by atoms with Gasteiger partial charge < -0.3 is 10.7 Å². The largest absolute Gasteiger partial charge is 0.384 e. The fourth-order valence-corrected chi connectivity index (χ4v) is 4.65. The zero-order chi connectivity index (χ0) is 21.5.